The number of benzene rings is 3. The summed E-state index contributed by atoms with van der Waals surface area (Å²) in [7, 11) is 0. The van der Waals surface area contributed by atoms with Crippen molar-refractivity contribution in [1.29, 1.82) is 0 Å². The first-order valence-corrected chi connectivity index (χ1v) is 10.3. The quantitative estimate of drug-likeness (QED) is 0.563. The van der Waals surface area contributed by atoms with Crippen LogP contribution in [0, 0.1) is 6.92 Å². The van der Waals surface area contributed by atoms with E-state index in [0.717, 1.165) is 15.4 Å². The number of amides is 2. The average molecular weight is 405 g/mol. The summed E-state index contributed by atoms with van der Waals surface area (Å²) in [5.41, 5.74) is 3.36. The van der Waals surface area contributed by atoms with Gasteiger partial charge in [-0.1, -0.05) is 59.8 Å². The predicted octanol–water partition coefficient (Wildman–Crippen LogP) is 5.60. The molecule has 3 aromatic rings. The second kappa shape index (κ2) is 9.43. The minimum Gasteiger partial charge on any atom is -0.346 e. The van der Waals surface area contributed by atoms with Crippen molar-refractivity contribution in [3.8, 4) is 0 Å². The molecule has 0 fully saturated rings. The number of aryl methyl sites for hydroxylation is 1. The monoisotopic (exact) mass is 404 g/mol. The van der Waals surface area contributed by atoms with Gasteiger partial charge >= 0.3 is 0 Å². The minimum atomic E-state index is -0.181. The van der Waals surface area contributed by atoms with Crippen molar-refractivity contribution in [2.24, 2.45) is 0 Å². The zero-order chi connectivity index (χ0) is 20.8. The van der Waals surface area contributed by atoms with Crippen LogP contribution in [0.4, 0.5) is 5.69 Å². The van der Waals surface area contributed by atoms with Gasteiger partial charge in [0.2, 0.25) is 5.91 Å². The molecule has 1 atom stereocenters. The Kier molecular flexibility index (Phi) is 6.73. The van der Waals surface area contributed by atoms with Crippen molar-refractivity contribution >= 4 is 29.3 Å². The number of anilines is 1. The standard InChI is InChI=1S/C24H24N2O2S/c1-16-9-12-21(13-10-16)29-23-14-11-20(15-22(23)26-18(3)27)24(28)25-17(2)19-7-5-4-6-8-19/h4-15,17H,1-3H3,(H,25,28)(H,26,27)/t17-/m1/s1. The Labute approximate surface area is 175 Å². The highest BCUT2D eigenvalue weighted by molar-refractivity contribution is 7.99. The molecule has 0 aliphatic carbocycles. The third kappa shape index (κ3) is 5.72. The molecule has 3 aromatic carbocycles. The Hall–Kier alpha value is -3.05. The molecular formula is C24H24N2O2S. The number of nitrogens with one attached hydrogen (secondary N) is 2. The molecule has 0 aliphatic rings. The van der Waals surface area contributed by atoms with Gasteiger partial charge < -0.3 is 10.6 Å². The molecule has 0 radical (unpaired) electrons. The molecule has 0 saturated heterocycles. The predicted molar refractivity (Wildman–Crippen MR) is 118 cm³/mol. The zero-order valence-corrected chi connectivity index (χ0v) is 17.5. The van der Waals surface area contributed by atoms with E-state index in [1.807, 2.05) is 74.5 Å². The largest absolute Gasteiger partial charge is 0.346 e. The third-order valence-electron chi connectivity index (χ3n) is 4.45. The highest BCUT2D eigenvalue weighted by Crippen LogP contribution is 2.34. The Morgan fingerprint density at radius 3 is 2.28 bits per heavy atom. The second-order valence-corrected chi connectivity index (χ2v) is 8.03. The third-order valence-corrected chi connectivity index (χ3v) is 5.53. The van der Waals surface area contributed by atoms with E-state index in [9.17, 15) is 9.59 Å². The molecular weight excluding hydrogens is 380 g/mol. The van der Waals surface area contributed by atoms with Gasteiger partial charge in [0.25, 0.3) is 5.91 Å². The normalized spacial score (nSPS) is 11.6. The lowest BCUT2D eigenvalue weighted by Crippen LogP contribution is -2.26. The van der Waals surface area contributed by atoms with Crippen LogP contribution in [-0.4, -0.2) is 11.8 Å². The molecule has 0 bridgehead atoms. The van der Waals surface area contributed by atoms with Gasteiger partial charge in [-0.15, -0.1) is 0 Å². The highest BCUT2D eigenvalue weighted by atomic mass is 32.2. The Bertz CT molecular complexity index is 1000. The van der Waals surface area contributed by atoms with Crippen molar-refractivity contribution in [2.75, 3.05) is 5.32 Å². The van der Waals surface area contributed by atoms with E-state index in [1.54, 1.807) is 23.9 Å². The first kappa shape index (κ1) is 20.7. The minimum absolute atomic E-state index is 0.116. The summed E-state index contributed by atoms with van der Waals surface area (Å²) in [6, 6.07) is 23.3. The number of carbonyl (C=O) groups excluding carboxylic acids is 2. The molecule has 29 heavy (non-hydrogen) atoms. The number of hydrogen-bond donors (Lipinski definition) is 2. The van der Waals surface area contributed by atoms with Crippen molar-refractivity contribution in [3.63, 3.8) is 0 Å². The zero-order valence-electron chi connectivity index (χ0n) is 16.7. The molecule has 0 unspecified atom stereocenters. The van der Waals surface area contributed by atoms with Gasteiger partial charge in [-0.2, -0.15) is 0 Å². The van der Waals surface area contributed by atoms with Crippen LogP contribution in [0.1, 0.15) is 41.4 Å². The van der Waals surface area contributed by atoms with Crippen LogP contribution < -0.4 is 10.6 Å². The Morgan fingerprint density at radius 2 is 1.62 bits per heavy atom. The maximum absolute atomic E-state index is 12.7. The SMILES string of the molecule is CC(=O)Nc1cc(C(=O)N[C@H](C)c2ccccc2)ccc1Sc1ccc(C)cc1. The second-order valence-electron chi connectivity index (χ2n) is 6.91. The van der Waals surface area contributed by atoms with Crippen LogP contribution in [0.5, 0.6) is 0 Å². The molecule has 2 N–H and O–H groups in total. The van der Waals surface area contributed by atoms with E-state index in [2.05, 4.69) is 10.6 Å². The summed E-state index contributed by atoms with van der Waals surface area (Å²) < 4.78 is 0. The molecule has 0 saturated carbocycles. The van der Waals surface area contributed by atoms with E-state index in [4.69, 9.17) is 0 Å². The molecule has 5 heteroatoms. The van der Waals surface area contributed by atoms with Gasteiger partial charge in [0.15, 0.2) is 0 Å². The van der Waals surface area contributed by atoms with Gasteiger partial charge in [0.05, 0.1) is 11.7 Å². The van der Waals surface area contributed by atoms with Crippen LogP contribution in [0.15, 0.2) is 82.6 Å². The van der Waals surface area contributed by atoms with E-state index < -0.39 is 0 Å². The van der Waals surface area contributed by atoms with Crippen LogP contribution in [0.3, 0.4) is 0 Å². The van der Waals surface area contributed by atoms with E-state index >= 15 is 0 Å². The molecule has 0 heterocycles. The Balaban J connectivity index is 1.81. The number of carbonyl (C=O) groups is 2. The summed E-state index contributed by atoms with van der Waals surface area (Å²) in [5.74, 6) is -0.356. The maximum Gasteiger partial charge on any atom is 0.251 e. The molecule has 0 aromatic heterocycles. The van der Waals surface area contributed by atoms with Crippen molar-refractivity contribution < 1.29 is 9.59 Å². The van der Waals surface area contributed by atoms with Gasteiger partial charge in [-0.05, 0) is 49.7 Å². The van der Waals surface area contributed by atoms with Crippen LogP contribution in [0.25, 0.3) is 0 Å². The lowest BCUT2D eigenvalue weighted by atomic mass is 10.1. The number of hydrogen-bond acceptors (Lipinski definition) is 3. The fraction of sp³-hybridized carbons (Fsp3) is 0.167. The lowest BCUT2D eigenvalue weighted by Gasteiger charge is -2.16. The summed E-state index contributed by atoms with van der Waals surface area (Å²) in [5, 5.41) is 5.86. The first-order chi connectivity index (χ1) is 13.9. The van der Waals surface area contributed by atoms with E-state index in [1.165, 1.54) is 12.5 Å². The van der Waals surface area contributed by atoms with Gasteiger partial charge in [0, 0.05) is 22.3 Å². The van der Waals surface area contributed by atoms with Crippen LogP contribution in [0.2, 0.25) is 0 Å². The van der Waals surface area contributed by atoms with E-state index in [0.29, 0.717) is 11.3 Å². The van der Waals surface area contributed by atoms with Crippen molar-refractivity contribution in [1.82, 2.24) is 5.32 Å². The molecule has 4 nitrogen and oxygen atoms in total. The van der Waals surface area contributed by atoms with Gasteiger partial charge in [-0.25, -0.2) is 0 Å². The van der Waals surface area contributed by atoms with Crippen molar-refractivity contribution in [2.45, 2.75) is 36.6 Å². The summed E-state index contributed by atoms with van der Waals surface area (Å²) in [4.78, 5) is 26.4. The van der Waals surface area contributed by atoms with Crippen LogP contribution >= 0.6 is 11.8 Å². The molecule has 148 valence electrons. The lowest BCUT2D eigenvalue weighted by molar-refractivity contribution is -0.114. The maximum atomic E-state index is 12.7. The summed E-state index contributed by atoms with van der Waals surface area (Å²) >= 11 is 1.55. The van der Waals surface area contributed by atoms with Gasteiger partial charge in [-0.3, -0.25) is 9.59 Å². The fourth-order valence-electron chi connectivity index (χ4n) is 2.89. The topological polar surface area (TPSA) is 58.2 Å². The fourth-order valence-corrected chi connectivity index (χ4v) is 3.77. The average Bonchev–Trinajstić information content (AvgIpc) is 2.71. The first-order valence-electron chi connectivity index (χ1n) is 9.44. The Morgan fingerprint density at radius 1 is 0.931 bits per heavy atom. The highest BCUT2D eigenvalue weighted by Gasteiger charge is 2.14. The van der Waals surface area contributed by atoms with Crippen LogP contribution in [-0.2, 0) is 4.79 Å². The summed E-state index contributed by atoms with van der Waals surface area (Å²) in [6.07, 6.45) is 0. The smallest absolute Gasteiger partial charge is 0.251 e. The summed E-state index contributed by atoms with van der Waals surface area (Å²) in [6.45, 7) is 5.45. The molecule has 3 rings (SSSR count). The van der Waals surface area contributed by atoms with Crippen molar-refractivity contribution in [3.05, 3.63) is 89.5 Å². The van der Waals surface area contributed by atoms with E-state index in [-0.39, 0.29) is 17.9 Å². The molecule has 0 aliphatic heterocycles. The number of rotatable bonds is 6. The molecule has 0 spiro atoms. The molecule has 2 amide bonds. The van der Waals surface area contributed by atoms with Gasteiger partial charge in [0.1, 0.15) is 0 Å².